The van der Waals surface area contributed by atoms with E-state index in [1.807, 2.05) is 27.7 Å². The summed E-state index contributed by atoms with van der Waals surface area (Å²) in [4.78, 5) is 12.6. The van der Waals surface area contributed by atoms with E-state index in [2.05, 4.69) is 15.6 Å². The van der Waals surface area contributed by atoms with Crippen LogP contribution >= 0.6 is 0 Å². The third-order valence-electron chi connectivity index (χ3n) is 3.62. The maximum Gasteiger partial charge on any atom is 0.277 e. The fourth-order valence-electron chi connectivity index (χ4n) is 2.50. The van der Waals surface area contributed by atoms with Gasteiger partial charge in [0, 0.05) is 19.3 Å². The molecule has 0 aliphatic rings. The SMILES string of the molecule is CCOc1ccc(OCC)c(NC(=O)c2cn(CC(OCC)OCC)nn2)c1. The number of carbonyl (C=O) groups is 1. The molecule has 2 rings (SSSR count). The summed E-state index contributed by atoms with van der Waals surface area (Å²) in [5, 5.41) is 10.7. The Balaban J connectivity index is 2.10. The second-order valence-electron chi connectivity index (χ2n) is 5.64. The first kappa shape index (κ1) is 21.6. The molecular formula is C19H28N4O5. The highest BCUT2D eigenvalue weighted by Crippen LogP contribution is 2.29. The Morgan fingerprint density at radius 2 is 1.79 bits per heavy atom. The van der Waals surface area contributed by atoms with Crippen molar-refractivity contribution in [2.24, 2.45) is 0 Å². The molecule has 0 fully saturated rings. The topological polar surface area (TPSA) is 96.7 Å². The largest absolute Gasteiger partial charge is 0.494 e. The third-order valence-corrected chi connectivity index (χ3v) is 3.62. The number of carbonyl (C=O) groups excluding carboxylic acids is 1. The van der Waals surface area contributed by atoms with E-state index in [1.165, 1.54) is 4.68 Å². The molecule has 1 aromatic carbocycles. The number of hydrogen-bond acceptors (Lipinski definition) is 7. The molecule has 1 heterocycles. The highest BCUT2D eigenvalue weighted by molar-refractivity contribution is 6.03. The lowest BCUT2D eigenvalue weighted by molar-refractivity contribution is -0.145. The van der Waals surface area contributed by atoms with E-state index < -0.39 is 12.2 Å². The number of amides is 1. The van der Waals surface area contributed by atoms with E-state index in [4.69, 9.17) is 18.9 Å². The Bertz CT molecular complexity index is 744. The Labute approximate surface area is 164 Å². The van der Waals surface area contributed by atoms with Crippen molar-refractivity contribution in [2.75, 3.05) is 31.7 Å². The highest BCUT2D eigenvalue weighted by atomic mass is 16.7. The zero-order valence-electron chi connectivity index (χ0n) is 16.8. The maximum atomic E-state index is 12.6. The summed E-state index contributed by atoms with van der Waals surface area (Å²) in [7, 11) is 0. The van der Waals surface area contributed by atoms with Crippen LogP contribution in [0.5, 0.6) is 11.5 Å². The van der Waals surface area contributed by atoms with E-state index in [1.54, 1.807) is 24.4 Å². The molecule has 0 aliphatic carbocycles. The Hall–Kier alpha value is -2.65. The fourth-order valence-corrected chi connectivity index (χ4v) is 2.50. The molecule has 1 N–H and O–H groups in total. The molecule has 154 valence electrons. The Kier molecular flexibility index (Phi) is 8.70. The van der Waals surface area contributed by atoms with Gasteiger partial charge in [0.25, 0.3) is 5.91 Å². The van der Waals surface area contributed by atoms with Crippen molar-refractivity contribution in [1.82, 2.24) is 15.0 Å². The highest BCUT2D eigenvalue weighted by Gasteiger charge is 2.16. The van der Waals surface area contributed by atoms with Crippen LogP contribution in [0.15, 0.2) is 24.4 Å². The minimum absolute atomic E-state index is 0.177. The van der Waals surface area contributed by atoms with E-state index in [0.717, 1.165) is 0 Å². The molecule has 0 unspecified atom stereocenters. The van der Waals surface area contributed by atoms with Gasteiger partial charge < -0.3 is 24.3 Å². The average molecular weight is 392 g/mol. The number of benzene rings is 1. The van der Waals surface area contributed by atoms with Gasteiger partial charge in [-0.1, -0.05) is 5.21 Å². The average Bonchev–Trinajstić information content (AvgIpc) is 3.13. The lowest BCUT2D eigenvalue weighted by Gasteiger charge is -2.16. The van der Waals surface area contributed by atoms with Crippen LogP contribution in [-0.4, -0.2) is 53.6 Å². The van der Waals surface area contributed by atoms with Crippen LogP contribution < -0.4 is 14.8 Å². The van der Waals surface area contributed by atoms with Crippen molar-refractivity contribution in [1.29, 1.82) is 0 Å². The minimum Gasteiger partial charge on any atom is -0.494 e. The van der Waals surface area contributed by atoms with Crippen LogP contribution in [0.4, 0.5) is 5.69 Å². The lowest BCUT2D eigenvalue weighted by atomic mass is 10.2. The number of nitrogens with zero attached hydrogens (tertiary/aromatic N) is 3. The summed E-state index contributed by atoms with van der Waals surface area (Å²) in [5.41, 5.74) is 0.685. The Morgan fingerprint density at radius 3 is 2.43 bits per heavy atom. The van der Waals surface area contributed by atoms with Crippen molar-refractivity contribution in [3.8, 4) is 11.5 Å². The van der Waals surface area contributed by atoms with E-state index in [9.17, 15) is 4.79 Å². The van der Waals surface area contributed by atoms with Crippen LogP contribution in [-0.2, 0) is 16.0 Å². The van der Waals surface area contributed by atoms with Crippen LogP contribution in [0, 0.1) is 0 Å². The van der Waals surface area contributed by atoms with Crippen molar-refractivity contribution in [3.05, 3.63) is 30.1 Å². The number of anilines is 1. The monoisotopic (exact) mass is 392 g/mol. The van der Waals surface area contributed by atoms with Gasteiger partial charge >= 0.3 is 0 Å². The number of ether oxygens (including phenoxy) is 4. The third kappa shape index (κ3) is 6.21. The number of aromatic nitrogens is 3. The normalized spacial score (nSPS) is 10.9. The summed E-state index contributed by atoms with van der Waals surface area (Å²) in [5.74, 6) is 0.797. The smallest absolute Gasteiger partial charge is 0.277 e. The first-order valence-corrected chi connectivity index (χ1v) is 9.45. The first-order valence-electron chi connectivity index (χ1n) is 9.45. The van der Waals surface area contributed by atoms with Gasteiger partial charge in [0.2, 0.25) is 0 Å². The number of nitrogens with one attached hydrogen (secondary N) is 1. The molecule has 28 heavy (non-hydrogen) atoms. The van der Waals surface area contributed by atoms with Crippen molar-refractivity contribution in [3.63, 3.8) is 0 Å². The molecule has 0 bridgehead atoms. The van der Waals surface area contributed by atoms with Crippen molar-refractivity contribution < 1.29 is 23.7 Å². The summed E-state index contributed by atoms with van der Waals surface area (Å²) in [6.07, 6.45) is 1.10. The van der Waals surface area contributed by atoms with E-state index >= 15 is 0 Å². The van der Waals surface area contributed by atoms with Crippen LogP contribution in [0.2, 0.25) is 0 Å². The minimum atomic E-state index is -0.444. The maximum absolute atomic E-state index is 12.6. The lowest BCUT2D eigenvalue weighted by Crippen LogP contribution is -2.24. The molecule has 0 spiro atoms. The fraction of sp³-hybridized carbons (Fsp3) is 0.526. The van der Waals surface area contributed by atoms with Crippen LogP contribution in [0.3, 0.4) is 0 Å². The molecule has 9 heteroatoms. The summed E-state index contributed by atoms with van der Waals surface area (Å²) in [6, 6.07) is 5.27. The van der Waals surface area contributed by atoms with Gasteiger partial charge in [0.1, 0.15) is 11.5 Å². The van der Waals surface area contributed by atoms with Gasteiger partial charge in [-0.25, -0.2) is 4.68 Å². The number of rotatable bonds is 12. The standard InChI is InChI=1S/C19H28N4O5/c1-5-25-14-9-10-17(26-6-2)15(11-14)20-19(24)16-12-23(22-21-16)13-18(27-7-3)28-8-4/h9-12,18H,5-8,13H2,1-4H3,(H,20,24). The first-order chi connectivity index (χ1) is 13.6. The van der Waals surface area contributed by atoms with Crippen LogP contribution in [0.25, 0.3) is 0 Å². The van der Waals surface area contributed by atoms with Crippen molar-refractivity contribution >= 4 is 11.6 Å². The molecule has 0 saturated heterocycles. The molecule has 0 atom stereocenters. The van der Waals surface area contributed by atoms with Gasteiger partial charge in [0.15, 0.2) is 12.0 Å². The molecule has 9 nitrogen and oxygen atoms in total. The summed E-state index contributed by atoms with van der Waals surface area (Å²) in [6.45, 7) is 9.92. The summed E-state index contributed by atoms with van der Waals surface area (Å²) < 4.78 is 23.6. The van der Waals surface area contributed by atoms with E-state index in [0.29, 0.717) is 50.2 Å². The molecule has 0 saturated carbocycles. The molecule has 0 radical (unpaired) electrons. The zero-order chi connectivity index (χ0) is 20.4. The van der Waals surface area contributed by atoms with Gasteiger partial charge in [-0.15, -0.1) is 5.10 Å². The molecular weight excluding hydrogens is 364 g/mol. The van der Waals surface area contributed by atoms with Gasteiger partial charge in [-0.05, 0) is 39.8 Å². The molecule has 2 aromatic rings. The second kappa shape index (κ2) is 11.3. The second-order valence-corrected chi connectivity index (χ2v) is 5.64. The quantitative estimate of drug-likeness (QED) is 0.555. The number of hydrogen-bond donors (Lipinski definition) is 1. The van der Waals surface area contributed by atoms with Gasteiger partial charge in [-0.3, -0.25) is 4.79 Å². The van der Waals surface area contributed by atoms with Gasteiger partial charge in [-0.2, -0.15) is 0 Å². The Morgan fingerprint density at radius 1 is 1.07 bits per heavy atom. The molecule has 1 aromatic heterocycles. The zero-order valence-corrected chi connectivity index (χ0v) is 16.8. The predicted octanol–water partition coefficient (Wildman–Crippen LogP) is 2.73. The summed E-state index contributed by atoms with van der Waals surface area (Å²) >= 11 is 0. The van der Waals surface area contributed by atoms with E-state index in [-0.39, 0.29) is 5.69 Å². The predicted molar refractivity (Wildman–Crippen MR) is 104 cm³/mol. The molecule has 0 aliphatic heterocycles. The van der Waals surface area contributed by atoms with Crippen LogP contribution in [0.1, 0.15) is 38.2 Å². The molecule has 1 amide bonds. The van der Waals surface area contributed by atoms with Gasteiger partial charge in [0.05, 0.1) is 31.6 Å². The van der Waals surface area contributed by atoms with Crippen molar-refractivity contribution in [2.45, 2.75) is 40.5 Å².